The Morgan fingerprint density at radius 2 is 2.25 bits per heavy atom. The molecule has 0 radical (unpaired) electrons. The van der Waals surface area contributed by atoms with E-state index in [1.807, 2.05) is 37.5 Å². The SMILES string of the molecule is CCn1cnnc1[C@H]1CN(C(=O)Nc2ccc(C)nc2C)CCO1. The number of nitrogens with one attached hydrogen (secondary N) is 1. The molecule has 8 nitrogen and oxygen atoms in total. The minimum Gasteiger partial charge on any atom is -0.366 e. The van der Waals surface area contributed by atoms with Gasteiger partial charge in [0.2, 0.25) is 0 Å². The maximum atomic E-state index is 12.6. The molecule has 128 valence electrons. The zero-order valence-corrected chi connectivity index (χ0v) is 14.2. The molecule has 0 aromatic carbocycles. The molecule has 2 aromatic heterocycles. The number of hydrogen-bond acceptors (Lipinski definition) is 5. The first-order valence-electron chi connectivity index (χ1n) is 8.08. The number of urea groups is 1. The average Bonchev–Trinajstić information content (AvgIpc) is 3.06. The summed E-state index contributed by atoms with van der Waals surface area (Å²) in [6, 6.07) is 3.61. The second-order valence-electron chi connectivity index (χ2n) is 5.80. The van der Waals surface area contributed by atoms with E-state index in [9.17, 15) is 4.79 Å². The van der Waals surface area contributed by atoms with Gasteiger partial charge in [0.05, 0.1) is 24.5 Å². The molecule has 0 spiro atoms. The number of anilines is 1. The van der Waals surface area contributed by atoms with Crippen molar-refractivity contribution in [3.63, 3.8) is 0 Å². The Labute approximate surface area is 140 Å². The van der Waals surface area contributed by atoms with Crippen LogP contribution in [0.4, 0.5) is 10.5 Å². The van der Waals surface area contributed by atoms with Crippen LogP contribution in [-0.4, -0.2) is 50.4 Å². The van der Waals surface area contributed by atoms with Crippen molar-refractivity contribution in [2.24, 2.45) is 0 Å². The van der Waals surface area contributed by atoms with E-state index in [2.05, 4.69) is 20.5 Å². The minimum absolute atomic E-state index is 0.153. The molecule has 0 unspecified atom stereocenters. The number of hydrogen-bond donors (Lipinski definition) is 1. The zero-order valence-electron chi connectivity index (χ0n) is 14.2. The fourth-order valence-corrected chi connectivity index (χ4v) is 2.76. The highest BCUT2D eigenvalue weighted by molar-refractivity contribution is 5.89. The summed E-state index contributed by atoms with van der Waals surface area (Å²) in [5, 5.41) is 11.0. The smallest absolute Gasteiger partial charge is 0.322 e. The number of nitrogens with zero attached hydrogens (tertiary/aromatic N) is 5. The summed E-state index contributed by atoms with van der Waals surface area (Å²) in [6.07, 6.45) is 1.42. The Balaban J connectivity index is 1.69. The van der Waals surface area contributed by atoms with Gasteiger partial charge in [0.25, 0.3) is 0 Å². The fraction of sp³-hybridized carbons (Fsp3) is 0.500. The van der Waals surface area contributed by atoms with E-state index >= 15 is 0 Å². The first-order chi connectivity index (χ1) is 11.6. The van der Waals surface area contributed by atoms with Crippen molar-refractivity contribution < 1.29 is 9.53 Å². The predicted octanol–water partition coefficient (Wildman–Crippen LogP) is 1.92. The number of aromatic nitrogens is 4. The Hall–Kier alpha value is -2.48. The van der Waals surface area contributed by atoms with Crippen molar-refractivity contribution in [2.75, 3.05) is 25.0 Å². The van der Waals surface area contributed by atoms with Gasteiger partial charge in [0.1, 0.15) is 12.4 Å². The van der Waals surface area contributed by atoms with E-state index in [0.717, 1.165) is 29.4 Å². The molecule has 1 aliphatic rings. The van der Waals surface area contributed by atoms with E-state index in [1.54, 1.807) is 11.2 Å². The van der Waals surface area contributed by atoms with Crippen molar-refractivity contribution >= 4 is 11.7 Å². The quantitative estimate of drug-likeness (QED) is 0.929. The fourth-order valence-electron chi connectivity index (χ4n) is 2.76. The van der Waals surface area contributed by atoms with Gasteiger partial charge in [-0.2, -0.15) is 0 Å². The largest absolute Gasteiger partial charge is 0.366 e. The Kier molecular flexibility index (Phi) is 4.75. The summed E-state index contributed by atoms with van der Waals surface area (Å²) >= 11 is 0. The third-order valence-electron chi connectivity index (χ3n) is 4.09. The number of carbonyl (C=O) groups is 1. The number of morpholine rings is 1. The lowest BCUT2D eigenvalue weighted by atomic mass is 10.2. The highest BCUT2D eigenvalue weighted by Crippen LogP contribution is 2.21. The second kappa shape index (κ2) is 6.96. The number of rotatable bonds is 3. The molecule has 0 aliphatic carbocycles. The van der Waals surface area contributed by atoms with Crippen LogP contribution in [0.2, 0.25) is 0 Å². The van der Waals surface area contributed by atoms with Crippen LogP contribution in [0.3, 0.4) is 0 Å². The summed E-state index contributed by atoms with van der Waals surface area (Å²) in [6.45, 7) is 8.06. The Morgan fingerprint density at radius 1 is 1.42 bits per heavy atom. The molecule has 3 heterocycles. The summed E-state index contributed by atoms with van der Waals surface area (Å²) in [4.78, 5) is 18.7. The van der Waals surface area contributed by atoms with Crippen molar-refractivity contribution in [2.45, 2.75) is 33.4 Å². The Morgan fingerprint density at radius 3 is 3.00 bits per heavy atom. The third kappa shape index (κ3) is 3.38. The van der Waals surface area contributed by atoms with Crippen molar-refractivity contribution in [3.05, 3.63) is 35.7 Å². The summed E-state index contributed by atoms with van der Waals surface area (Å²) in [5.41, 5.74) is 2.46. The van der Waals surface area contributed by atoms with Gasteiger partial charge in [-0.3, -0.25) is 4.98 Å². The molecule has 8 heteroatoms. The third-order valence-corrected chi connectivity index (χ3v) is 4.09. The molecule has 1 saturated heterocycles. The van der Waals surface area contributed by atoms with Crippen LogP contribution in [0.1, 0.15) is 30.2 Å². The lowest BCUT2D eigenvalue weighted by Gasteiger charge is -2.32. The predicted molar refractivity (Wildman–Crippen MR) is 88.7 cm³/mol. The Bertz CT molecular complexity index is 729. The normalized spacial score (nSPS) is 17.8. The van der Waals surface area contributed by atoms with Crippen LogP contribution in [0.25, 0.3) is 0 Å². The maximum absolute atomic E-state index is 12.6. The number of aryl methyl sites for hydroxylation is 3. The van der Waals surface area contributed by atoms with Crippen LogP contribution in [0, 0.1) is 13.8 Å². The molecule has 1 N–H and O–H groups in total. The van der Waals surface area contributed by atoms with Gasteiger partial charge >= 0.3 is 6.03 Å². The number of amides is 2. The minimum atomic E-state index is -0.260. The standard InChI is InChI=1S/C16H22N6O2/c1-4-21-10-17-20-15(21)14-9-22(7-8-24-14)16(23)19-13-6-5-11(2)18-12(13)3/h5-6,10,14H,4,7-9H2,1-3H3,(H,19,23)/t14-/m1/s1. The van der Waals surface area contributed by atoms with Crippen molar-refractivity contribution in [1.29, 1.82) is 0 Å². The molecular weight excluding hydrogens is 308 g/mol. The summed E-state index contributed by atoms with van der Waals surface area (Å²) in [5.74, 6) is 0.753. The van der Waals surface area contributed by atoms with Gasteiger partial charge in [-0.1, -0.05) is 0 Å². The monoisotopic (exact) mass is 330 g/mol. The van der Waals surface area contributed by atoms with Gasteiger partial charge in [0.15, 0.2) is 5.82 Å². The number of ether oxygens (including phenoxy) is 1. The first-order valence-corrected chi connectivity index (χ1v) is 8.08. The van der Waals surface area contributed by atoms with Crippen LogP contribution in [0.15, 0.2) is 18.5 Å². The molecule has 1 fully saturated rings. The lowest BCUT2D eigenvalue weighted by molar-refractivity contribution is -0.0199. The summed E-state index contributed by atoms with van der Waals surface area (Å²) in [7, 11) is 0. The van der Waals surface area contributed by atoms with Crippen LogP contribution < -0.4 is 5.32 Å². The van der Waals surface area contributed by atoms with Gasteiger partial charge in [-0.15, -0.1) is 10.2 Å². The highest BCUT2D eigenvalue weighted by Gasteiger charge is 2.28. The van der Waals surface area contributed by atoms with Crippen LogP contribution in [-0.2, 0) is 11.3 Å². The number of pyridine rings is 1. The molecule has 24 heavy (non-hydrogen) atoms. The van der Waals surface area contributed by atoms with Gasteiger partial charge in [-0.25, -0.2) is 4.79 Å². The van der Waals surface area contributed by atoms with E-state index in [-0.39, 0.29) is 12.1 Å². The van der Waals surface area contributed by atoms with Crippen LogP contribution in [0.5, 0.6) is 0 Å². The van der Waals surface area contributed by atoms with Gasteiger partial charge in [-0.05, 0) is 32.9 Å². The van der Waals surface area contributed by atoms with Gasteiger partial charge in [0, 0.05) is 18.8 Å². The van der Waals surface area contributed by atoms with E-state index in [1.165, 1.54) is 0 Å². The number of carbonyl (C=O) groups excluding carboxylic acids is 1. The maximum Gasteiger partial charge on any atom is 0.322 e. The first kappa shape index (κ1) is 16.4. The molecule has 1 atom stereocenters. The van der Waals surface area contributed by atoms with Crippen LogP contribution >= 0.6 is 0 Å². The average molecular weight is 330 g/mol. The molecule has 2 aromatic rings. The van der Waals surface area contributed by atoms with Crippen molar-refractivity contribution in [3.8, 4) is 0 Å². The van der Waals surface area contributed by atoms with Gasteiger partial charge < -0.3 is 19.5 Å². The molecule has 1 aliphatic heterocycles. The van der Waals surface area contributed by atoms with Crippen molar-refractivity contribution in [1.82, 2.24) is 24.6 Å². The molecule has 0 saturated carbocycles. The molecule has 2 amide bonds. The topological polar surface area (TPSA) is 85.2 Å². The molecule has 3 rings (SSSR count). The van der Waals surface area contributed by atoms with E-state index < -0.39 is 0 Å². The molecule has 0 bridgehead atoms. The second-order valence-corrected chi connectivity index (χ2v) is 5.80. The van der Waals surface area contributed by atoms with E-state index in [4.69, 9.17) is 4.74 Å². The lowest BCUT2D eigenvalue weighted by Crippen LogP contribution is -2.45. The zero-order chi connectivity index (χ0) is 17.1. The summed E-state index contributed by atoms with van der Waals surface area (Å²) < 4.78 is 7.71. The van der Waals surface area contributed by atoms with E-state index in [0.29, 0.717) is 19.7 Å². The highest BCUT2D eigenvalue weighted by atomic mass is 16.5. The molecular formula is C16H22N6O2.